The second kappa shape index (κ2) is 6.18. The Balaban J connectivity index is 2.03. The lowest BCUT2D eigenvalue weighted by atomic mass is 10.1. The van der Waals surface area contributed by atoms with E-state index in [1.54, 1.807) is 36.4 Å². The van der Waals surface area contributed by atoms with Gasteiger partial charge < -0.3 is 9.47 Å². The molecule has 0 N–H and O–H groups in total. The summed E-state index contributed by atoms with van der Waals surface area (Å²) in [6.07, 6.45) is 0. The molecule has 0 amide bonds. The Kier molecular flexibility index (Phi) is 4.08. The SMILES string of the molecule is COC(=O)c1cccc(-c2nc3ccc(C(=O)OC)cc3s2)c1. The van der Waals surface area contributed by atoms with Gasteiger partial charge in [-0.25, -0.2) is 14.6 Å². The molecule has 0 saturated carbocycles. The lowest BCUT2D eigenvalue weighted by Crippen LogP contribution is -2.00. The summed E-state index contributed by atoms with van der Waals surface area (Å²) >= 11 is 1.45. The van der Waals surface area contributed by atoms with Gasteiger partial charge in [0.05, 0.1) is 35.6 Å². The van der Waals surface area contributed by atoms with E-state index in [0.717, 1.165) is 20.8 Å². The lowest BCUT2D eigenvalue weighted by molar-refractivity contribution is 0.0592. The maximum Gasteiger partial charge on any atom is 0.337 e. The minimum Gasteiger partial charge on any atom is -0.465 e. The number of rotatable bonds is 3. The molecule has 0 bridgehead atoms. The van der Waals surface area contributed by atoms with Gasteiger partial charge in [0.2, 0.25) is 0 Å². The zero-order valence-corrected chi connectivity index (χ0v) is 13.3. The Morgan fingerprint density at radius 3 is 2.35 bits per heavy atom. The lowest BCUT2D eigenvalue weighted by Gasteiger charge is -2.00. The van der Waals surface area contributed by atoms with Crippen molar-refractivity contribution in [1.29, 1.82) is 0 Å². The highest BCUT2D eigenvalue weighted by Crippen LogP contribution is 2.31. The van der Waals surface area contributed by atoms with Crippen molar-refractivity contribution in [3.05, 3.63) is 53.6 Å². The molecule has 0 aliphatic rings. The molecule has 6 heteroatoms. The number of methoxy groups -OCH3 is 2. The number of fused-ring (bicyclic) bond motifs is 1. The molecule has 1 aromatic heterocycles. The van der Waals surface area contributed by atoms with Gasteiger partial charge in [-0.05, 0) is 30.3 Å². The van der Waals surface area contributed by atoms with Crippen LogP contribution in [0.4, 0.5) is 0 Å². The van der Waals surface area contributed by atoms with Crippen molar-refractivity contribution in [1.82, 2.24) is 4.98 Å². The van der Waals surface area contributed by atoms with Crippen LogP contribution >= 0.6 is 11.3 Å². The van der Waals surface area contributed by atoms with Gasteiger partial charge in [-0.1, -0.05) is 12.1 Å². The molecule has 3 rings (SSSR count). The summed E-state index contributed by atoms with van der Waals surface area (Å²) in [5.41, 5.74) is 2.58. The highest BCUT2D eigenvalue weighted by molar-refractivity contribution is 7.21. The normalized spacial score (nSPS) is 10.5. The molecule has 2 aromatic carbocycles. The van der Waals surface area contributed by atoms with E-state index in [0.29, 0.717) is 11.1 Å². The van der Waals surface area contributed by atoms with Crippen LogP contribution in [0.15, 0.2) is 42.5 Å². The van der Waals surface area contributed by atoms with E-state index in [-0.39, 0.29) is 11.9 Å². The van der Waals surface area contributed by atoms with Gasteiger partial charge in [0.1, 0.15) is 5.01 Å². The average molecular weight is 327 g/mol. The van der Waals surface area contributed by atoms with Gasteiger partial charge in [0.15, 0.2) is 0 Å². The van der Waals surface area contributed by atoms with E-state index in [1.165, 1.54) is 25.6 Å². The first-order valence-corrected chi connectivity index (χ1v) is 7.61. The van der Waals surface area contributed by atoms with Crippen molar-refractivity contribution < 1.29 is 19.1 Å². The predicted molar refractivity (Wildman–Crippen MR) is 87.7 cm³/mol. The average Bonchev–Trinajstić information content (AvgIpc) is 3.03. The quantitative estimate of drug-likeness (QED) is 0.688. The van der Waals surface area contributed by atoms with Crippen LogP contribution in [0.5, 0.6) is 0 Å². The molecule has 116 valence electrons. The van der Waals surface area contributed by atoms with E-state index in [1.807, 2.05) is 6.07 Å². The van der Waals surface area contributed by atoms with Crippen LogP contribution in [0.3, 0.4) is 0 Å². The topological polar surface area (TPSA) is 65.5 Å². The number of carbonyl (C=O) groups is 2. The summed E-state index contributed by atoms with van der Waals surface area (Å²) in [6, 6.07) is 12.3. The number of thiazole rings is 1. The molecule has 5 nitrogen and oxygen atoms in total. The van der Waals surface area contributed by atoms with Crippen molar-refractivity contribution in [2.45, 2.75) is 0 Å². The third kappa shape index (κ3) is 2.93. The highest BCUT2D eigenvalue weighted by Gasteiger charge is 2.12. The van der Waals surface area contributed by atoms with Gasteiger partial charge >= 0.3 is 11.9 Å². The Morgan fingerprint density at radius 1 is 0.957 bits per heavy atom. The summed E-state index contributed by atoms with van der Waals surface area (Å²) in [6.45, 7) is 0. The molecular formula is C17H13NO4S. The number of hydrogen-bond acceptors (Lipinski definition) is 6. The van der Waals surface area contributed by atoms with Crippen LogP contribution in [-0.4, -0.2) is 31.1 Å². The zero-order chi connectivity index (χ0) is 16.4. The van der Waals surface area contributed by atoms with Crippen molar-refractivity contribution in [3.63, 3.8) is 0 Å². The molecule has 1 heterocycles. The minimum atomic E-state index is -0.388. The molecular weight excluding hydrogens is 314 g/mol. The van der Waals surface area contributed by atoms with Crippen LogP contribution in [0.2, 0.25) is 0 Å². The van der Waals surface area contributed by atoms with Crippen molar-refractivity contribution in [2.24, 2.45) is 0 Å². The van der Waals surface area contributed by atoms with Crippen molar-refractivity contribution in [2.75, 3.05) is 14.2 Å². The first kappa shape index (κ1) is 15.2. The molecule has 0 fully saturated rings. The Bertz CT molecular complexity index is 900. The van der Waals surface area contributed by atoms with Crippen LogP contribution in [-0.2, 0) is 9.47 Å². The minimum absolute atomic E-state index is 0.380. The van der Waals surface area contributed by atoms with Gasteiger partial charge in [0.25, 0.3) is 0 Å². The summed E-state index contributed by atoms with van der Waals surface area (Å²) < 4.78 is 10.3. The molecule has 0 aliphatic heterocycles. The van der Waals surface area contributed by atoms with Crippen molar-refractivity contribution in [3.8, 4) is 10.6 Å². The molecule has 0 aliphatic carbocycles. The number of aromatic nitrogens is 1. The third-order valence-corrected chi connectivity index (χ3v) is 4.41. The monoisotopic (exact) mass is 327 g/mol. The van der Waals surface area contributed by atoms with E-state index in [4.69, 9.17) is 9.47 Å². The molecule has 0 saturated heterocycles. The smallest absolute Gasteiger partial charge is 0.337 e. The number of benzene rings is 2. The number of carbonyl (C=O) groups excluding carboxylic acids is 2. The summed E-state index contributed by atoms with van der Waals surface area (Å²) in [7, 11) is 2.70. The maximum atomic E-state index is 11.6. The number of hydrogen-bond donors (Lipinski definition) is 0. The molecule has 23 heavy (non-hydrogen) atoms. The van der Waals surface area contributed by atoms with E-state index in [9.17, 15) is 9.59 Å². The first-order chi connectivity index (χ1) is 11.1. The summed E-state index contributed by atoms with van der Waals surface area (Å²) in [5, 5.41) is 0.771. The largest absolute Gasteiger partial charge is 0.465 e. The van der Waals surface area contributed by atoms with Crippen molar-refractivity contribution >= 4 is 33.5 Å². The van der Waals surface area contributed by atoms with E-state index in [2.05, 4.69) is 4.98 Å². The number of ether oxygens (including phenoxy) is 2. The predicted octanol–water partition coefficient (Wildman–Crippen LogP) is 3.54. The Morgan fingerprint density at radius 2 is 1.65 bits per heavy atom. The molecule has 0 atom stereocenters. The third-order valence-electron chi connectivity index (χ3n) is 3.34. The Labute approximate surface area is 136 Å². The second-order valence-electron chi connectivity index (χ2n) is 4.77. The van der Waals surface area contributed by atoms with E-state index < -0.39 is 0 Å². The maximum absolute atomic E-state index is 11.6. The zero-order valence-electron chi connectivity index (χ0n) is 12.5. The van der Waals surface area contributed by atoms with E-state index >= 15 is 0 Å². The van der Waals surface area contributed by atoms with Crippen LogP contribution in [0.1, 0.15) is 20.7 Å². The summed E-state index contributed by atoms with van der Waals surface area (Å²) in [4.78, 5) is 27.8. The molecule has 0 radical (unpaired) electrons. The molecule has 0 spiro atoms. The standard InChI is InChI=1S/C17H13NO4S/c1-21-16(19)11-5-3-4-10(8-11)15-18-13-7-6-12(17(20)22-2)9-14(13)23-15/h3-9H,1-2H3. The van der Waals surface area contributed by atoms with Crippen LogP contribution < -0.4 is 0 Å². The van der Waals surface area contributed by atoms with Gasteiger partial charge in [-0.2, -0.15) is 0 Å². The summed E-state index contributed by atoms with van der Waals surface area (Å²) in [5.74, 6) is -0.768. The fourth-order valence-corrected chi connectivity index (χ4v) is 3.19. The van der Waals surface area contributed by atoms with Gasteiger partial charge in [-0.3, -0.25) is 0 Å². The number of nitrogens with zero attached hydrogens (tertiary/aromatic N) is 1. The fraction of sp³-hybridized carbons (Fsp3) is 0.118. The first-order valence-electron chi connectivity index (χ1n) is 6.80. The van der Waals surface area contributed by atoms with Crippen LogP contribution in [0, 0.1) is 0 Å². The second-order valence-corrected chi connectivity index (χ2v) is 5.80. The fourth-order valence-electron chi connectivity index (χ4n) is 2.19. The molecule has 3 aromatic rings. The van der Waals surface area contributed by atoms with Gasteiger partial charge in [-0.15, -0.1) is 11.3 Å². The van der Waals surface area contributed by atoms with Gasteiger partial charge in [0, 0.05) is 5.56 Å². The number of esters is 2. The molecule has 0 unspecified atom stereocenters. The Hall–Kier alpha value is -2.73. The van der Waals surface area contributed by atoms with Crippen LogP contribution in [0.25, 0.3) is 20.8 Å². The highest BCUT2D eigenvalue weighted by atomic mass is 32.1.